The zero-order valence-electron chi connectivity index (χ0n) is 20.9. The van der Waals surface area contributed by atoms with E-state index in [9.17, 15) is 28.4 Å². The number of piperazine rings is 1. The van der Waals surface area contributed by atoms with Gasteiger partial charge < -0.3 is 19.6 Å². The van der Waals surface area contributed by atoms with Gasteiger partial charge in [0.15, 0.2) is 0 Å². The third-order valence-corrected chi connectivity index (χ3v) is 8.22. The summed E-state index contributed by atoms with van der Waals surface area (Å²) in [6.07, 6.45) is 1.29. The number of carbonyl (C=O) groups excluding carboxylic acids is 1. The van der Waals surface area contributed by atoms with Gasteiger partial charge in [-0.25, -0.2) is 28.0 Å². The van der Waals surface area contributed by atoms with Crippen molar-refractivity contribution in [3.63, 3.8) is 0 Å². The lowest BCUT2D eigenvalue weighted by molar-refractivity contribution is 0.0767. The smallest absolute Gasteiger partial charge is 0.410 e. The van der Waals surface area contributed by atoms with Crippen molar-refractivity contribution >= 4 is 27.8 Å². The van der Waals surface area contributed by atoms with E-state index in [0.29, 0.717) is 37.3 Å². The predicted octanol–water partition coefficient (Wildman–Crippen LogP) is 2.19. The molecule has 1 aromatic heterocycles. The van der Waals surface area contributed by atoms with Crippen LogP contribution in [-0.4, -0.2) is 82.9 Å². The summed E-state index contributed by atoms with van der Waals surface area (Å²) in [6, 6.07) is 10.9. The van der Waals surface area contributed by atoms with Crippen LogP contribution in [0, 0.1) is 11.3 Å². The molecule has 200 valence electrons. The maximum atomic E-state index is 12.9. The molecule has 1 atom stereocenters. The summed E-state index contributed by atoms with van der Waals surface area (Å²) in [5.74, 6) is 0.423. The monoisotopic (exact) mass is 540 g/mol. The van der Waals surface area contributed by atoms with E-state index in [1.54, 1.807) is 0 Å². The van der Waals surface area contributed by atoms with E-state index in [-0.39, 0.29) is 37.8 Å². The molecule has 0 radical (unpaired) electrons. The van der Waals surface area contributed by atoms with Gasteiger partial charge in [0.2, 0.25) is 15.0 Å². The molecule has 1 aliphatic carbocycles. The van der Waals surface area contributed by atoms with Crippen molar-refractivity contribution in [2.45, 2.75) is 55.6 Å². The van der Waals surface area contributed by atoms with Gasteiger partial charge in [-0.1, -0.05) is 30.3 Å². The quantitative estimate of drug-likeness (QED) is 0.558. The fourth-order valence-electron chi connectivity index (χ4n) is 5.21. The molecule has 13 heteroatoms. The number of ether oxygens (including phenoxy) is 1. The Hall–Kier alpha value is -3.92. The van der Waals surface area contributed by atoms with Crippen molar-refractivity contribution in [3.8, 4) is 6.07 Å². The Morgan fingerprint density at radius 1 is 1.21 bits per heavy atom. The van der Waals surface area contributed by atoms with Crippen LogP contribution in [0.4, 0.5) is 15.4 Å². The van der Waals surface area contributed by atoms with Gasteiger partial charge in [-0.15, -0.1) is 0 Å². The van der Waals surface area contributed by atoms with Crippen LogP contribution in [0.5, 0.6) is 0 Å². The molecule has 1 spiro atoms. The lowest BCUT2D eigenvalue weighted by Gasteiger charge is -2.42. The Bertz CT molecular complexity index is 1410. The number of anilines is 1. The molecule has 2 aromatic rings. The number of carbonyl (C=O) groups is 2. The van der Waals surface area contributed by atoms with Crippen LogP contribution in [0.15, 0.2) is 35.5 Å². The van der Waals surface area contributed by atoms with E-state index in [2.05, 4.69) is 16.0 Å². The van der Waals surface area contributed by atoms with Crippen LogP contribution in [-0.2, 0) is 34.1 Å². The van der Waals surface area contributed by atoms with E-state index in [1.807, 2.05) is 35.2 Å². The molecular weight excluding hydrogens is 512 g/mol. The number of hydrogen-bond acceptors (Lipinski definition) is 9. The number of fused-ring (bicyclic) bond motifs is 1. The highest BCUT2D eigenvalue weighted by Crippen LogP contribution is 2.49. The fraction of sp³-hybridized carbons (Fsp3) is 0.480. The number of nitriles is 1. The second-order valence-corrected chi connectivity index (χ2v) is 11.9. The summed E-state index contributed by atoms with van der Waals surface area (Å²) in [5.41, 5.74) is 1.42. The third-order valence-electron chi connectivity index (χ3n) is 7.38. The van der Waals surface area contributed by atoms with Gasteiger partial charge in [0.05, 0.1) is 36.3 Å². The normalized spacial score (nSPS) is 20.0. The molecular formula is C25H28N6O6S. The molecule has 5 rings (SSSR count). The molecule has 0 bridgehead atoms. The lowest BCUT2D eigenvalue weighted by Crippen LogP contribution is -2.56. The molecule has 2 fully saturated rings. The second kappa shape index (κ2) is 9.75. The zero-order valence-corrected chi connectivity index (χ0v) is 21.7. The maximum absolute atomic E-state index is 12.9. The van der Waals surface area contributed by atoms with E-state index in [0.717, 1.165) is 17.4 Å². The third kappa shape index (κ3) is 4.96. The summed E-state index contributed by atoms with van der Waals surface area (Å²) in [5, 5.41) is 18.9. The lowest BCUT2D eigenvalue weighted by atomic mass is 9.95. The summed E-state index contributed by atoms with van der Waals surface area (Å²) in [6.45, 7) is 0.925. The number of hydrogen-bond donors (Lipinski definition) is 1. The minimum Gasteiger partial charge on any atom is -0.465 e. The van der Waals surface area contributed by atoms with Crippen molar-refractivity contribution in [2.24, 2.45) is 0 Å². The van der Waals surface area contributed by atoms with Crippen molar-refractivity contribution in [1.82, 2.24) is 19.8 Å². The molecule has 3 heterocycles. The van der Waals surface area contributed by atoms with Crippen LogP contribution < -0.4 is 4.90 Å². The molecule has 12 nitrogen and oxygen atoms in total. The van der Waals surface area contributed by atoms with Crippen molar-refractivity contribution < 1.29 is 27.9 Å². The van der Waals surface area contributed by atoms with Crippen LogP contribution in [0.3, 0.4) is 0 Å². The highest BCUT2D eigenvalue weighted by Gasteiger charge is 2.54. The first kappa shape index (κ1) is 25.7. The summed E-state index contributed by atoms with van der Waals surface area (Å²) in [7, 11) is -3.78. The van der Waals surface area contributed by atoms with Crippen LogP contribution in [0.1, 0.15) is 36.1 Å². The van der Waals surface area contributed by atoms with Crippen LogP contribution >= 0.6 is 0 Å². The Labute approximate surface area is 220 Å². The van der Waals surface area contributed by atoms with Crippen molar-refractivity contribution in [2.75, 3.05) is 30.8 Å². The molecule has 2 aliphatic heterocycles. The maximum Gasteiger partial charge on any atom is 0.410 e. The fourth-order valence-corrected chi connectivity index (χ4v) is 5.74. The van der Waals surface area contributed by atoms with Crippen molar-refractivity contribution in [3.05, 3.63) is 47.2 Å². The molecule has 0 unspecified atom stereocenters. The Balaban J connectivity index is 1.42. The molecule has 1 saturated heterocycles. The van der Waals surface area contributed by atoms with Gasteiger partial charge in [-0.3, -0.25) is 4.90 Å². The number of carboxylic acid groups (broad SMARTS) is 1. The van der Waals surface area contributed by atoms with E-state index >= 15 is 0 Å². The minimum absolute atomic E-state index is 0.0178. The Morgan fingerprint density at radius 2 is 1.95 bits per heavy atom. The topological polar surface area (TPSA) is 157 Å². The first-order valence-corrected chi connectivity index (χ1v) is 14.2. The first-order valence-electron chi connectivity index (χ1n) is 12.3. The highest BCUT2D eigenvalue weighted by molar-refractivity contribution is 7.90. The van der Waals surface area contributed by atoms with Crippen LogP contribution in [0.25, 0.3) is 0 Å². The average Bonchev–Trinajstić information content (AvgIpc) is 3.65. The average molecular weight is 541 g/mol. The van der Waals surface area contributed by atoms with Gasteiger partial charge in [-0.2, -0.15) is 5.26 Å². The summed E-state index contributed by atoms with van der Waals surface area (Å²) in [4.78, 5) is 38.3. The molecule has 1 aromatic carbocycles. The summed E-state index contributed by atoms with van der Waals surface area (Å²) < 4.78 is 30.3. The Morgan fingerprint density at radius 3 is 2.58 bits per heavy atom. The standard InChI is InChI=1S/C25H28N6O6S/c1-38(35,36)22-27-20-15-31(23(32)33)25(8-9-25)13-19(20)21(28-22)29-11-12-30(18(14-29)7-10-26)24(34)37-16-17-5-3-2-4-6-17/h2-6,18H,7-9,11-16H2,1H3,(H,32,33)/t18-/m0/s1. The van der Waals surface area contributed by atoms with Gasteiger partial charge >= 0.3 is 12.2 Å². The molecule has 1 N–H and O–H groups in total. The molecule has 2 amide bonds. The number of nitrogens with zero attached hydrogens (tertiary/aromatic N) is 6. The molecule has 38 heavy (non-hydrogen) atoms. The number of benzene rings is 1. The van der Waals surface area contributed by atoms with E-state index < -0.39 is 33.6 Å². The van der Waals surface area contributed by atoms with E-state index in [1.165, 1.54) is 9.80 Å². The van der Waals surface area contributed by atoms with Crippen molar-refractivity contribution in [1.29, 1.82) is 5.26 Å². The highest BCUT2D eigenvalue weighted by atomic mass is 32.2. The number of sulfone groups is 1. The first-order chi connectivity index (χ1) is 18.1. The Kier molecular flexibility index (Phi) is 6.60. The number of amides is 2. The predicted molar refractivity (Wildman–Crippen MR) is 134 cm³/mol. The van der Waals surface area contributed by atoms with Gasteiger partial charge in [0.1, 0.15) is 12.4 Å². The van der Waals surface area contributed by atoms with Gasteiger partial charge in [-0.05, 0) is 18.4 Å². The summed E-state index contributed by atoms with van der Waals surface area (Å²) >= 11 is 0. The number of rotatable bonds is 5. The molecule has 3 aliphatic rings. The van der Waals surface area contributed by atoms with Gasteiger partial charge in [0.25, 0.3) is 0 Å². The zero-order chi connectivity index (χ0) is 27.1. The largest absolute Gasteiger partial charge is 0.465 e. The SMILES string of the molecule is CS(=O)(=O)c1nc2c(c(N3CCN(C(=O)OCc4ccccc4)[C@@H](CC#N)C3)n1)CC1(CC1)N(C(=O)O)C2. The van der Waals surface area contributed by atoms with E-state index in [4.69, 9.17) is 4.74 Å². The molecule has 1 saturated carbocycles. The number of aromatic nitrogens is 2. The van der Waals surface area contributed by atoms with Crippen LogP contribution in [0.2, 0.25) is 0 Å². The minimum atomic E-state index is -3.78. The van der Waals surface area contributed by atoms with Gasteiger partial charge in [0, 0.05) is 37.9 Å². The second-order valence-electron chi connectivity index (χ2n) is 9.99.